The summed E-state index contributed by atoms with van der Waals surface area (Å²) in [6.45, 7) is 0.721. The maximum atomic E-state index is 11.9. The minimum absolute atomic E-state index is 0.0345. The molecule has 0 heterocycles. The molecule has 1 N–H and O–H groups in total. The van der Waals surface area contributed by atoms with Gasteiger partial charge in [-0.25, -0.2) is 8.42 Å². The maximum Gasteiger partial charge on any atom is 0.305 e. The van der Waals surface area contributed by atoms with Crippen molar-refractivity contribution in [3.63, 3.8) is 0 Å². The monoisotopic (exact) mass is 324 g/mol. The topological polar surface area (TPSA) is 102 Å². The molecule has 0 spiro atoms. The fourth-order valence-electron chi connectivity index (χ4n) is 1.46. The van der Waals surface area contributed by atoms with Gasteiger partial charge >= 0.3 is 5.97 Å². The Labute approximate surface area is 125 Å². The molecule has 0 aromatic rings. The molecule has 0 saturated carbocycles. The van der Waals surface area contributed by atoms with E-state index in [2.05, 4.69) is 10.1 Å². The summed E-state index contributed by atoms with van der Waals surface area (Å²) in [7, 11) is 0.594. The summed E-state index contributed by atoms with van der Waals surface area (Å²) in [5.74, 6) is -1.02. The van der Waals surface area contributed by atoms with Crippen LogP contribution in [0.15, 0.2) is 0 Å². The lowest BCUT2D eigenvalue weighted by molar-refractivity contribution is -0.140. The van der Waals surface area contributed by atoms with E-state index in [-0.39, 0.29) is 31.0 Å². The Bertz CT molecular complexity index is 423. The molecule has 0 aromatic carbocycles. The molecule has 0 aliphatic heterocycles. The zero-order chi connectivity index (χ0) is 16.3. The van der Waals surface area contributed by atoms with E-state index in [1.54, 1.807) is 7.11 Å². The third kappa shape index (κ3) is 9.38. The molecule has 0 bridgehead atoms. The fraction of sp³-hybridized carbons (Fsp3) is 0.833. The lowest BCUT2D eigenvalue weighted by Gasteiger charge is -2.16. The van der Waals surface area contributed by atoms with Crippen molar-refractivity contribution in [2.45, 2.75) is 19.3 Å². The Morgan fingerprint density at radius 3 is 2.43 bits per heavy atom. The lowest BCUT2D eigenvalue weighted by Crippen LogP contribution is -2.39. The zero-order valence-electron chi connectivity index (χ0n) is 12.8. The molecule has 21 heavy (non-hydrogen) atoms. The van der Waals surface area contributed by atoms with E-state index in [0.717, 1.165) is 4.31 Å². The maximum absolute atomic E-state index is 11.9. The van der Waals surface area contributed by atoms with Gasteiger partial charge in [-0.15, -0.1) is 0 Å². The second-order valence-electron chi connectivity index (χ2n) is 4.45. The van der Waals surface area contributed by atoms with Gasteiger partial charge in [0.2, 0.25) is 15.9 Å². The second-order valence-corrected chi connectivity index (χ2v) is 6.64. The van der Waals surface area contributed by atoms with Gasteiger partial charge in [0.05, 0.1) is 19.4 Å². The standard InChI is InChI=1S/C12H24N2O6S/c1-14(10-11(15)13-7-5-8-19-2)21(17,18)9-4-6-12(16)20-3/h4-10H2,1-3H3,(H,13,15). The van der Waals surface area contributed by atoms with Crippen LogP contribution < -0.4 is 5.32 Å². The number of ether oxygens (including phenoxy) is 2. The first-order valence-electron chi connectivity index (χ1n) is 6.60. The van der Waals surface area contributed by atoms with Crippen molar-refractivity contribution < 1.29 is 27.5 Å². The molecule has 0 atom stereocenters. The van der Waals surface area contributed by atoms with E-state index >= 15 is 0 Å². The molecule has 9 heteroatoms. The van der Waals surface area contributed by atoms with Crippen LogP contribution in [0.1, 0.15) is 19.3 Å². The number of carbonyl (C=O) groups excluding carboxylic acids is 2. The first kappa shape index (κ1) is 19.8. The van der Waals surface area contributed by atoms with Crippen molar-refractivity contribution in [2.75, 3.05) is 46.7 Å². The summed E-state index contributed by atoms with van der Waals surface area (Å²) >= 11 is 0. The number of nitrogens with zero attached hydrogens (tertiary/aromatic N) is 1. The van der Waals surface area contributed by atoms with E-state index < -0.39 is 16.0 Å². The minimum Gasteiger partial charge on any atom is -0.469 e. The summed E-state index contributed by atoms with van der Waals surface area (Å²) in [6, 6.07) is 0. The van der Waals surface area contributed by atoms with Crippen molar-refractivity contribution in [1.29, 1.82) is 0 Å². The number of rotatable bonds is 11. The van der Waals surface area contributed by atoms with Crippen molar-refractivity contribution in [2.24, 2.45) is 0 Å². The highest BCUT2D eigenvalue weighted by Crippen LogP contribution is 2.03. The van der Waals surface area contributed by atoms with Gasteiger partial charge in [0.15, 0.2) is 0 Å². The average Bonchev–Trinajstić information content (AvgIpc) is 2.43. The van der Waals surface area contributed by atoms with Gasteiger partial charge in [-0.1, -0.05) is 0 Å². The Hall–Kier alpha value is -1.19. The number of carbonyl (C=O) groups is 2. The van der Waals surface area contributed by atoms with Gasteiger partial charge in [0, 0.05) is 33.7 Å². The molecule has 0 rings (SSSR count). The smallest absolute Gasteiger partial charge is 0.305 e. The van der Waals surface area contributed by atoms with E-state index in [0.29, 0.717) is 19.6 Å². The predicted octanol–water partition coefficient (Wildman–Crippen LogP) is -0.646. The van der Waals surface area contributed by atoms with E-state index in [1.807, 2.05) is 0 Å². The third-order valence-corrected chi connectivity index (χ3v) is 4.58. The number of nitrogens with one attached hydrogen (secondary N) is 1. The Balaban J connectivity index is 4.08. The molecule has 1 amide bonds. The summed E-state index contributed by atoms with van der Waals surface area (Å²) in [5.41, 5.74) is 0. The van der Waals surface area contributed by atoms with Crippen LogP contribution in [0.3, 0.4) is 0 Å². The molecule has 124 valence electrons. The highest BCUT2D eigenvalue weighted by Gasteiger charge is 2.20. The first-order valence-corrected chi connectivity index (χ1v) is 8.21. The Morgan fingerprint density at radius 1 is 1.19 bits per heavy atom. The predicted molar refractivity (Wildman–Crippen MR) is 77.2 cm³/mol. The number of hydrogen-bond acceptors (Lipinski definition) is 6. The molecule has 8 nitrogen and oxygen atoms in total. The number of methoxy groups -OCH3 is 2. The largest absolute Gasteiger partial charge is 0.469 e. The summed E-state index contributed by atoms with van der Waals surface area (Å²) in [6.07, 6.45) is 0.861. The third-order valence-electron chi connectivity index (χ3n) is 2.70. The normalized spacial score (nSPS) is 11.4. The number of sulfonamides is 1. The van der Waals surface area contributed by atoms with Gasteiger partial charge in [0.25, 0.3) is 0 Å². The van der Waals surface area contributed by atoms with E-state index in [4.69, 9.17) is 4.74 Å². The van der Waals surface area contributed by atoms with Crippen LogP contribution in [0, 0.1) is 0 Å². The average molecular weight is 324 g/mol. The number of likely N-dealkylation sites (N-methyl/N-ethyl adjacent to an activating group) is 1. The first-order chi connectivity index (χ1) is 9.83. The molecule has 0 fully saturated rings. The quantitative estimate of drug-likeness (QED) is 0.400. The summed E-state index contributed by atoms with van der Waals surface area (Å²) in [5, 5.41) is 2.60. The summed E-state index contributed by atoms with van der Waals surface area (Å²) < 4.78 is 34.0. The van der Waals surface area contributed by atoms with Gasteiger partial charge in [-0.2, -0.15) is 4.31 Å². The van der Waals surface area contributed by atoms with E-state index in [9.17, 15) is 18.0 Å². The second kappa shape index (κ2) is 10.5. The van der Waals surface area contributed by atoms with Gasteiger partial charge in [0.1, 0.15) is 0 Å². The zero-order valence-corrected chi connectivity index (χ0v) is 13.6. The van der Waals surface area contributed by atoms with Crippen molar-refractivity contribution in [3.8, 4) is 0 Å². The number of amides is 1. The molecule has 0 saturated heterocycles. The van der Waals surface area contributed by atoms with Crippen molar-refractivity contribution in [3.05, 3.63) is 0 Å². The highest BCUT2D eigenvalue weighted by molar-refractivity contribution is 7.89. The fourth-order valence-corrected chi connectivity index (χ4v) is 2.59. The summed E-state index contributed by atoms with van der Waals surface area (Å²) in [4.78, 5) is 22.5. The van der Waals surface area contributed by atoms with E-state index in [1.165, 1.54) is 14.2 Å². The van der Waals surface area contributed by atoms with Crippen molar-refractivity contribution in [1.82, 2.24) is 9.62 Å². The molecule has 0 radical (unpaired) electrons. The van der Waals surface area contributed by atoms with Crippen LogP contribution in [0.2, 0.25) is 0 Å². The minimum atomic E-state index is -3.55. The number of esters is 1. The number of hydrogen-bond donors (Lipinski definition) is 1. The van der Waals surface area contributed by atoms with Crippen molar-refractivity contribution >= 4 is 21.9 Å². The van der Waals surface area contributed by atoms with Crippen LogP contribution in [0.4, 0.5) is 0 Å². The lowest BCUT2D eigenvalue weighted by atomic mass is 10.3. The van der Waals surface area contributed by atoms with Crippen LogP contribution in [-0.2, 0) is 29.1 Å². The van der Waals surface area contributed by atoms with Crippen LogP contribution in [0.5, 0.6) is 0 Å². The van der Waals surface area contributed by atoms with Crippen LogP contribution in [-0.4, -0.2) is 71.3 Å². The molecule has 0 aliphatic carbocycles. The molecule has 0 unspecified atom stereocenters. The Morgan fingerprint density at radius 2 is 1.86 bits per heavy atom. The SMILES string of the molecule is COCCCNC(=O)CN(C)S(=O)(=O)CCCC(=O)OC. The van der Waals surface area contributed by atoms with Gasteiger partial charge in [-0.05, 0) is 12.8 Å². The van der Waals surface area contributed by atoms with Crippen LogP contribution in [0.25, 0.3) is 0 Å². The molecular formula is C12H24N2O6S. The molecule has 0 aliphatic rings. The molecular weight excluding hydrogens is 300 g/mol. The van der Waals surface area contributed by atoms with Crippen LogP contribution >= 0.6 is 0 Å². The molecule has 0 aromatic heterocycles. The van der Waals surface area contributed by atoms with Gasteiger partial charge in [-0.3, -0.25) is 9.59 Å². The highest BCUT2D eigenvalue weighted by atomic mass is 32.2. The Kier molecular flexibility index (Phi) is 9.93. The van der Waals surface area contributed by atoms with Gasteiger partial charge < -0.3 is 14.8 Å².